The van der Waals surface area contributed by atoms with Gasteiger partial charge in [0.05, 0.1) is 11.9 Å². The number of hydrogen-bond donors (Lipinski definition) is 0. The van der Waals surface area contributed by atoms with E-state index in [0.29, 0.717) is 22.1 Å². The summed E-state index contributed by atoms with van der Waals surface area (Å²) in [4.78, 5) is 4.29. The Balaban J connectivity index is 2.22. The Morgan fingerprint density at radius 2 is 1.94 bits per heavy atom. The highest BCUT2D eigenvalue weighted by Crippen LogP contribution is 2.21. The molecule has 0 saturated heterocycles. The molecule has 0 saturated carbocycles. The summed E-state index contributed by atoms with van der Waals surface area (Å²) in [5, 5.41) is 4.42. The first-order valence-corrected chi connectivity index (χ1v) is 5.39. The second-order valence-electron chi connectivity index (χ2n) is 3.56. The molecule has 2 heterocycles. The molecule has 0 aliphatic heterocycles. The van der Waals surface area contributed by atoms with Crippen LogP contribution in [0.2, 0.25) is 5.15 Å². The van der Waals surface area contributed by atoms with E-state index in [1.807, 2.05) is 0 Å². The number of nitrogens with zero attached hydrogens (tertiary/aromatic N) is 3. The topological polar surface area (TPSA) is 30.2 Å². The molecule has 0 radical (unpaired) electrons. The van der Waals surface area contributed by atoms with E-state index in [9.17, 15) is 4.39 Å². The Bertz CT molecular complexity index is 693. The van der Waals surface area contributed by atoms with Crippen molar-refractivity contribution in [1.82, 2.24) is 14.6 Å². The minimum Gasteiger partial charge on any atom is -0.227 e. The SMILES string of the molecule is Fc1ccccc1-c1cn2nc(Cl)ccc2n1. The summed E-state index contributed by atoms with van der Waals surface area (Å²) in [6.45, 7) is 0. The number of imidazole rings is 1. The predicted octanol–water partition coefficient (Wildman–Crippen LogP) is 3.19. The zero-order chi connectivity index (χ0) is 11.8. The molecular weight excluding hydrogens is 241 g/mol. The van der Waals surface area contributed by atoms with Crippen molar-refractivity contribution >= 4 is 17.2 Å². The number of fused-ring (bicyclic) bond motifs is 1. The first-order valence-electron chi connectivity index (χ1n) is 5.01. The van der Waals surface area contributed by atoms with Crippen LogP contribution in [0, 0.1) is 5.82 Å². The highest BCUT2D eigenvalue weighted by atomic mass is 35.5. The minimum atomic E-state index is -0.304. The average Bonchev–Trinajstić information content (AvgIpc) is 2.72. The van der Waals surface area contributed by atoms with Gasteiger partial charge in [0, 0.05) is 5.56 Å². The van der Waals surface area contributed by atoms with E-state index in [-0.39, 0.29) is 5.82 Å². The van der Waals surface area contributed by atoms with E-state index in [4.69, 9.17) is 11.6 Å². The van der Waals surface area contributed by atoms with Gasteiger partial charge in [0.1, 0.15) is 11.0 Å². The van der Waals surface area contributed by atoms with Crippen LogP contribution in [-0.2, 0) is 0 Å². The third-order valence-corrected chi connectivity index (χ3v) is 2.64. The molecule has 1 aromatic carbocycles. The van der Waals surface area contributed by atoms with Gasteiger partial charge >= 0.3 is 0 Å². The van der Waals surface area contributed by atoms with Gasteiger partial charge in [-0.2, -0.15) is 5.10 Å². The van der Waals surface area contributed by atoms with Crippen LogP contribution in [0.4, 0.5) is 4.39 Å². The second kappa shape index (κ2) is 3.82. The van der Waals surface area contributed by atoms with Gasteiger partial charge in [-0.15, -0.1) is 0 Å². The predicted molar refractivity (Wildman–Crippen MR) is 63.4 cm³/mol. The molecule has 0 N–H and O–H groups in total. The van der Waals surface area contributed by atoms with Crippen LogP contribution >= 0.6 is 11.6 Å². The van der Waals surface area contributed by atoms with Crippen LogP contribution < -0.4 is 0 Å². The van der Waals surface area contributed by atoms with Gasteiger partial charge in [0.15, 0.2) is 5.65 Å². The smallest absolute Gasteiger partial charge is 0.154 e. The molecule has 3 nitrogen and oxygen atoms in total. The van der Waals surface area contributed by atoms with Crippen LogP contribution in [0.1, 0.15) is 0 Å². The summed E-state index contributed by atoms with van der Waals surface area (Å²) in [5.74, 6) is -0.304. The highest BCUT2D eigenvalue weighted by molar-refractivity contribution is 6.29. The maximum atomic E-state index is 13.6. The number of halogens is 2. The van der Waals surface area contributed by atoms with Crippen LogP contribution in [0.5, 0.6) is 0 Å². The molecule has 0 bridgehead atoms. The summed E-state index contributed by atoms with van der Waals surface area (Å²) in [7, 11) is 0. The Kier molecular flexibility index (Phi) is 2.30. The van der Waals surface area contributed by atoms with Gasteiger partial charge in [-0.3, -0.25) is 0 Å². The van der Waals surface area contributed by atoms with E-state index < -0.39 is 0 Å². The van der Waals surface area contributed by atoms with Crippen molar-refractivity contribution in [1.29, 1.82) is 0 Å². The summed E-state index contributed by atoms with van der Waals surface area (Å²) >= 11 is 5.77. The summed E-state index contributed by atoms with van der Waals surface area (Å²) in [6, 6.07) is 9.87. The molecule has 3 rings (SSSR count). The van der Waals surface area contributed by atoms with Crippen molar-refractivity contribution in [3.8, 4) is 11.3 Å². The third kappa shape index (κ3) is 1.76. The molecule has 84 valence electrons. The summed E-state index contributed by atoms with van der Waals surface area (Å²) < 4.78 is 15.1. The molecule has 0 aliphatic carbocycles. The maximum Gasteiger partial charge on any atom is 0.154 e. The molecule has 0 fully saturated rings. The van der Waals surface area contributed by atoms with Crippen molar-refractivity contribution in [2.45, 2.75) is 0 Å². The van der Waals surface area contributed by atoms with E-state index in [2.05, 4.69) is 10.1 Å². The van der Waals surface area contributed by atoms with Gasteiger partial charge in [0.2, 0.25) is 0 Å². The molecule has 0 atom stereocenters. The highest BCUT2D eigenvalue weighted by Gasteiger charge is 2.09. The van der Waals surface area contributed by atoms with Gasteiger partial charge < -0.3 is 0 Å². The van der Waals surface area contributed by atoms with Crippen LogP contribution in [-0.4, -0.2) is 14.6 Å². The first-order chi connectivity index (χ1) is 8.24. The third-order valence-electron chi connectivity index (χ3n) is 2.44. The lowest BCUT2D eigenvalue weighted by Crippen LogP contribution is -1.88. The number of aromatic nitrogens is 3. The average molecular weight is 248 g/mol. The van der Waals surface area contributed by atoms with Crippen molar-refractivity contribution in [3.63, 3.8) is 0 Å². The Labute approximate surface area is 101 Å². The van der Waals surface area contributed by atoms with E-state index in [0.717, 1.165) is 0 Å². The van der Waals surface area contributed by atoms with Gasteiger partial charge in [-0.05, 0) is 24.3 Å². The van der Waals surface area contributed by atoms with Crippen molar-refractivity contribution in [3.05, 3.63) is 53.6 Å². The van der Waals surface area contributed by atoms with Crippen molar-refractivity contribution in [2.24, 2.45) is 0 Å². The zero-order valence-electron chi connectivity index (χ0n) is 8.64. The lowest BCUT2D eigenvalue weighted by atomic mass is 10.1. The lowest BCUT2D eigenvalue weighted by Gasteiger charge is -1.96. The fourth-order valence-corrected chi connectivity index (χ4v) is 1.80. The molecule has 2 aromatic heterocycles. The molecule has 3 aromatic rings. The molecule has 0 aliphatic rings. The number of hydrogen-bond acceptors (Lipinski definition) is 2. The molecule has 5 heteroatoms. The summed E-state index contributed by atoms with van der Waals surface area (Å²) in [5.41, 5.74) is 1.62. The Morgan fingerprint density at radius 1 is 1.12 bits per heavy atom. The van der Waals surface area contributed by atoms with Crippen LogP contribution in [0.3, 0.4) is 0 Å². The normalized spacial score (nSPS) is 10.9. The number of rotatable bonds is 1. The van der Waals surface area contributed by atoms with E-state index in [1.54, 1.807) is 36.5 Å². The van der Waals surface area contributed by atoms with Crippen LogP contribution in [0.15, 0.2) is 42.6 Å². The lowest BCUT2D eigenvalue weighted by molar-refractivity contribution is 0.631. The van der Waals surface area contributed by atoms with E-state index in [1.165, 1.54) is 10.6 Å². The quantitative estimate of drug-likeness (QED) is 0.661. The number of benzene rings is 1. The maximum absolute atomic E-state index is 13.6. The van der Waals surface area contributed by atoms with Crippen LogP contribution in [0.25, 0.3) is 16.9 Å². The molecule has 0 amide bonds. The van der Waals surface area contributed by atoms with Crippen molar-refractivity contribution in [2.75, 3.05) is 0 Å². The minimum absolute atomic E-state index is 0.304. The molecule has 0 spiro atoms. The molecule has 17 heavy (non-hydrogen) atoms. The Morgan fingerprint density at radius 3 is 2.76 bits per heavy atom. The fourth-order valence-electron chi connectivity index (χ4n) is 1.66. The largest absolute Gasteiger partial charge is 0.227 e. The first kappa shape index (κ1) is 10.2. The monoisotopic (exact) mass is 247 g/mol. The fraction of sp³-hybridized carbons (Fsp3) is 0. The molecular formula is C12H7ClFN3. The van der Waals surface area contributed by atoms with Crippen molar-refractivity contribution < 1.29 is 4.39 Å². The van der Waals surface area contributed by atoms with E-state index >= 15 is 0 Å². The van der Waals surface area contributed by atoms with Gasteiger partial charge in [-0.25, -0.2) is 13.9 Å². The molecule has 0 unspecified atom stereocenters. The zero-order valence-corrected chi connectivity index (χ0v) is 9.39. The second-order valence-corrected chi connectivity index (χ2v) is 3.95. The standard InChI is InChI=1S/C12H7ClFN3/c13-11-5-6-12-15-10(7-17(12)16-11)8-3-1-2-4-9(8)14/h1-7H. The Hall–Kier alpha value is -1.94. The van der Waals surface area contributed by atoms with Gasteiger partial charge in [0.25, 0.3) is 0 Å². The van der Waals surface area contributed by atoms with Gasteiger partial charge in [-0.1, -0.05) is 23.7 Å². The summed E-state index contributed by atoms with van der Waals surface area (Å²) in [6.07, 6.45) is 1.65.